The molecule has 1 aliphatic rings. The molecule has 15 heavy (non-hydrogen) atoms. The molecule has 2 heterocycles. The van der Waals surface area contributed by atoms with Gasteiger partial charge in [-0.15, -0.1) is 11.8 Å². The predicted octanol–water partition coefficient (Wildman–Crippen LogP) is 2.28. The van der Waals surface area contributed by atoms with E-state index >= 15 is 0 Å². The quantitative estimate of drug-likeness (QED) is 0.809. The lowest BCUT2D eigenvalue weighted by Crippen LogP contribution is -2.29. The van der Waals surface area contributed by atoms with Crippen LogP contribution in [0.3, 0.4) is 0 Å². The molecule has 1 aliphatic heterocycles. The zero-order chi connectivity index (χ0) is 10.7. The van der Waals surface area contributed by atoms with Gasteiger partial charge in [0, 0.05) is 10.8 Å². The molecule has 5 heteroatoms. The molecular weight excluding hydrogens is 230 g/mol. The highest BCUT2D eigenvalue weighted by atomic mass is 35.5. The van der Waals surface area contributed by atoms with Gasteiger partial charge in [0.05, 0.1) is 0 Å². The van der Waals surface area contributed by atoms with Crippen molar-refractivity contribution in [1.29, 1.82) is 0 Å². The molecular formula is C10H14ClN3S. The van der Waals surface area contributed by atoms with E-state index in [1.807, 2.05) is 18.7 Å². The van der Waals surface area contributed by atoms with Crippen molar-refractivity contribution in [3.63, 3.8) is 0 Å². The van der Waals surface area contributed by atoms with Crippen LogP contribution in [0.1, 0.15) is 18.4 Å². The highest BCUT2D eigenvalue weighted by Gasteiger charge is 2.16. The van der Waals surface area contributed by atoms with E-state index in [0.29, 0.717) is 10.4 Å². The fourth-order valence-corrected chi connectivity index (χ4v) is 2.96. The van der Waals surface area contributed by atoms with Crippen molar-refractivity contribution in [3.05, 3.63) is 17.0 Å². The van der Waals surface area contributed by atoms with Gasteiger partial charge in [-0.1, -0.05) is 11.6 Å². The van der Waals surface area contributed by atoms with Gasteiger partial charge in [-0.25, -0.2) is 9.97 Å². The second kappa shape index (κ2) is 5.14. The van der Waals surface area contributed by atoms with Gasteiger partial charge in [0.15, 0.2) is 0 Å². The Morgan fingerprint density at radius 3 is 2.87 bits per heavy atom. The number of aromatic nitrogens is 2. The van der Waals surface area contributed by atoms with E-state index in [1.54, 1.807) is 6.33 Å². The van der Waals surface area contributed by atoms with Crippen LogP contribution in [0, 0.1) is 6.92 Å². The Kier molecular flexibility index (Phi) is 3.83. The van der Waals surface area contributed by atoms with Gasteiger partial charge < -0.3 is 5.32 Å². The van der Waals surface area contributed by atoms with Crippen LogP contribution in [0.5, 0.6) is 0 Å². The Hall–Kier alpha value is -0.320. The van der Waals surface area contributed by atoms with Crippen LogP contribution in [0.15, 0.2) is 11.4 Å². The van der Waals surface area contributed by atoms with Crippen molar-refractivity contribution >= 4 is 23.4 Å². The Morgan fingerprint density at radius 2 is 2.13 bits per heavy atom. The monoisotopic (exact) mass is 243 g/mol. The minimum atomic E-state index is 0.571. The highest BCUT2D eigenvalue weighted by Crippen LogP contribution is 2.30. The maximum Gasteiger partial charge on any atom is 0.136 e. The lowest BCUT2D eigenvalue weighted by molar-refractivity contribution is 0.531. The summed E-state index contributed by atoms with van der Waals surface area (Å²) in [5.41, 5.74) is 1.00. The van der Waals surface area contributed by atoms with Crippen molar-refractivity contribution in [2.75, 3.05) is 13.1 Å². The first-order valence-corrected chi connectivity index (χ1v) is 6.37. The van der Waals surface area contributed by atoms with Crippen molar-refractivity contribution < 1.29 is 0 Å². The molecule has 0 atom stereocenters. The van der Waals surface area contributed by atoms with E-state index in [-0.39, 0.29) is 0 Å². The number of piperidine rings is 1. The number of halogens is 1. The van der Waals surface area contributed by atoms with Gasteiger partial charge in [0.2, 0.25) is 0 Å². The van der Waals surface area contributed by atoms with Crippen LogP contribution in [-0.4, -0.2) is 28.3 Å². The van der Waals surface area contributed by atoms with Crippen molar-refractivity contribution in [1.82, 2.24) is 15.3 Å². The largest absolute Gasteiger partial charge is 0.317 e. The van der Waals surface area contributed by atoms with Gasteiger partial charge in [0.25, 0.3) is 0 Å². The summed E-state index contributed by atoms with van der Waals surface area (Å²) < 4.78 is 0. The maximum absolute atomic E-state index is 5.95. The third kappa shape index (κ3) is 2.83. The summed E-state index contributed by atoms with van der Waals surface area (Å²) in [5, 5.41) is 5.62. The van der Waals surface area contributed by atoms with Crippen molar-refractivity contribution in [2.24, 2.45) is 0 Å². The Bertz CT molecular complexity index is 339. The van der Waals surface area contributed by atoms with E-state index in [4.69, 9.17) is 11.6 Å². The lowest BCUT2D eigenvalue weighted by atomic mass is 10.2. The summed E-state index contributed by atoms with van der Waals surface area (Å²) in [4.78, 5) is 8.24. The normalized spacial score (nSPS) is 18.0. The van der Waals surface area contributed by atoms with Crippen LogP contribution < -0.4 is 5.32 Å². The fourth-order valence-electron chi connectivity index (χ4n) is 1.60. The molecule has 0 amide bonds. The van der Waals surface area contributed by atoms with Crippen LogP contribution in [0.2, 0.25) is 5.15 Å². The number of rotatable bonds is 2. The smallest absolute Gasteiger partial charge is 0.136 e. The summed E-state index contributed by atoms with van der Waals surface area (Å²) in [6, 6.07) is 0. The predicted molar refractivity (Wildman–Crippen MR) is 63.5 cm³/mol. The van der Waals surface area contributed by atoms with Crippen molar-refractivity contribution in [2.45, 2.75) is 30.0 Å². The molecule has 2 rings (SSSR count). The number of thioether (sulfide) groups is 1. The molecule has 0 radical (unpaired) electrons. The van der Waals surface area contributed by atoms with Crippen LogP contribution in [-0.2, 0) is 0 Å². The SMILES string of the molecule is Cc1c(Cl)ncnc1SC1CCNCC1. The first-order chi connectivity index (χ1) is 7.27. The third-order valence-electron chi connectivity index (χ3n) is 2.54. The lowest BCUT2D eigenvalue weighted by Gasteiger charge is -2.22. The molecule has 1 aromatic heterocycles. The summed E-state index contributed by atoms with van der Waals surface area (Å²) >= 11 is 7.78. The van der Waals surface area contributed by atoms with Gasteiger partial charge >= 0.3 is 0 Å². The average Bonchev–Trinajstić information content (AvgIpc) is 2.26. The Morgan fingerprint density at radius 1 is 1.40 bits per heavy atom. The van der Waals surface area contributed by atoms with E-state index in [9.17, 15) is 0 Å². The molecule has 0 spiro atoms. The van der Waals surface area contributed by atoms with E-state index < -0.39 is 0 Å². The molecule has 1 N–H and O–H groups in total. The van der Waals surface area contributed by atoms with Crippen LogP contribution in [0.4, 0.5) is 0 Å². The molecule has 82 valence electrons. The van der Waals surface area contributed by atoms with Crippen LogP contribution in [0.25, 0.3) is 0 Å². The maximum atomic E-state index is 5.95. The third-order valence-corrected chi connectivity index (χ3v) is 4.36. The van der Waals surface area contributed by atoms with Gasteiger partial charge in [-0.05, 0) is 32.9 Å². The second-order valence-corrected chi connectivity index (χ2v) is 5.31. The molecule has 0 unspecified atom stereocenters. The molecule has 3 nitrogen and oxygen atoms in total. The summed E-state index contributed by atoms with van der Waals surface area (Å²) in [5.74, 6) is 0. The van der Waals surface area contributed by atoms with E-state index in [0.717, 1.165) is 23.7 Å². The molecule has 0 saturated carbocycles. The minimum Gasteiger partial charge on any atom is -0.317 e. The Balaban J connectivity index is 2.06. The van der Waals surface area contributed by atoms with Gasteiger partial charge in [0.1, 0.15) is 16.5 Å². The average molecular weight is 244 g/mol. The topological polar surface area (TPSA) is 37.8 Å². The van der Waals surface area contributed by atoms with Gasteiger partial charge in [-0.2, -0.15) is 0 Å². The van der Waals surface area contributed by atoms with E-state index in [1.165, 1.54) is 12.8 Å². The second-order valence-electron chi connectivity index (χ2n) is 3.66. The highest BCUT2D eigenvalue weighted by molar-refractivity contribution is 7.99. The van der Waals surface area contributed by atoms with Crippen LogP contribution >= 0.6 is 23.4 Å². The molecule has 1 saturated heterocycles. The zero-order valence-corrected chi connectivity index (χ0v) is 10.2. The van der Waals surface area contributed by atoms with Crippen molar-refractivity contribution in [3.8, 4) is 0 Å². The first-order valence-electron chi connectivity index (χ1n) is 5.12. The number of hydrogen-bond acceptors (Lipinski definition) is 4. The fraction of sp³-hybridized carbons (Fsp3) is 0.600. The molecule has 0 aliphatic carbocycles. The Labute approximate surface area is 99.0 Å². The molecule has 1 fully saturated rings. The zero-order valence-electron chi connectivity index (χ0n) is 8.66. The molecule has 0 aromatic carbocycles. The first kappa shape index (κ1) is 11.2. The summed E-state index contributed by atoms with van der Waals surface area (Å²) in [6.07, 6.45) is 3.94. The number of hydrogen-bond donors (Lipinski definition) is 1. The molecule has 0 bridgehead atoms. The standard InChI is InChI=1S/C10H14ClN3S/c1-7-9(11)13-6-14-10(7)15-8-2-4-12-5-3-8/h6,8,12H,2-5H2,1H3. The van der Waals surface area contributed by atoms with E-state index in [2.05, 4.69) is 15.3 Å². The van der Waals surface area contributed by atoms with Gasteiger partial charge in [-0.3, -0.25) is 0 Å². The summed E-state index contributed by atoms with van der Waals surface area (Å²) in [7, 11) is 0. The minimum absolute atomic E-state index is 0.571. The number of nitrogens with one attached hydrogen (secondary N) is 1. The molecule has 1 aromatic rings. The number of nitrogens with zero attached hydrogens (tertiary/aromatic N) is 2. The summed E-state index contributed by atoms with van der Waals surface area (Å²) in [6.45, 7) is 4.19.